The summed E-state index contributed by atoms with van der Waals surface area (Å²) in [7, 11) is 0. The minimum Gasteiger partial charge on any atom is -0.459 e. The van der Waals surface area contributed by atoms with Gasteiger partial charge >= 0.3 is 11.9 Å². The van der Waals surface area contributed by atoms with Crippen molar-refractivity contribution in [2.24, 2.45) is 0 Å². The molecule has 0 unspecified atom stereocenters. The largest absolute Gasteiger partial charge is 0.459 e. The Hall–Kier alpha value is -1.43. The predicted molar refractivity (Wildman–Crippen MR) is 50.4 cm³/mol. The summed E-state index contributed by atoms with van der Waals surface area (Å²) >= 11 is 0. The lowest BCUT2D eigenvalue weighted by Gasteiger charge is -2.15. The summed E-state index contributed by atoms with van der Waals surface area (Å²) in [5, 5.41) is 16.3. The van der Waals surface area contributed by atoms with E-state index >= 15 is 0 Å². The molecule has 0 bridgehead atoms. The highest BCUT2D eigenvalue weighted by atomic mass is 16.5. The maximum Gasteiger partial charge on any atom is 0.396 e. The highest BCUT2D eigenvalue weighted by Crippen LogP contribution is 2.20. The molecule has 15 heavy (non-hydrogen) atoms. The van der Waals surface area contributed by atoms with Gasteiger partial charge in [-0.05, 0) is 20.8 Å². The minimum absolute atomic E-state index is 0.141. The number of rotatable bonds is 4. The van der Waals surface area contributed by atoms with Crippen molar-refractivity contribution in [3.8, 4) is 0 Å². The molecule has 0 saturated carbocycles. The highest BCUT2D eigenvalue weighted by molar-refractivity contribution is 5.83. The maximum atomic E-state index is 11.2. The van der Waals surface area contributed by atoms with Gasteiger partial charge in [0.25, 0.3) is 0 Å². The first-order valence-corrected chi connectivity index (χ1v) is 4.63. The summed E-state index contributed by atoms with van der Waals surface area (Å²) in [4.78, 5) is 11.2. The van der Waals surface area contributed by atoms with Crippen LogP contribution in [0.15, 0.2) is 4.42 Å². The van der Waals surface area contributed by atoms with Crippen molar-refractivity contribution in [1.29, 1.82) is 0 Å². The molecular formula is C9H14N2O4. The fraction of sp³-hybridized carbons (Fsp3) is 0.667. The van der Waals surface area contributed by atoms with Gasteiger partial charge in [-0.25, -0.2) is 4.79 Å². The lowest BCUT2D eigenvalue weighted by Crippen LogP contribution is -2.22. The predicted octanol–water partition coefficient (Wildman–Crippen LogP) is 0.516. The van der Waals surface area contributed by atoms with E-state index in [1.807, 2.05) is 0 Å². The number of carbonyl (C=O) groups excluding carboxylic acids is 1. The van der Waals surface area contributed by atoms with Gasteiger partial charge < -0.3 is 14.3 Å². The quantitative estimate of drug-likeness (QED) is 0.735. The molecule has 1 aromatic rings. The Morgan fingerprint density at radius 1 is 1.53 bits per heavy atom. The van der Waals surface area contributed by atoms with Gasteiger partial charge in [0.2, 0.25) is 5.89 Å². The summed E-state index contributed by atoms with van der Waals surface area (Å²) in [6, 6.07) is 0. The molecule has 0 aromatic carbocycles. The van der Waals surface area contributed by atoms with E-state index in [0.717, 1.165) is 0 Å². The molecule has 1 heterocycles. The third-order valence-corrected chi connectivity index (χ3v) is 1.85. The second-order valence-corrected chi connectivity index (χ2v) is 3.67. The van der Waals surface area contributed by atoms with Crippen LogP contribution in [0.4, 0.5) is 0 Å². The van der Waals surface area contributed by atoms with Crippen molar-refractivity contribution in [2.45, 2.75) is 26.2 Å². The molecule has 0 saturated heterocycles. The molecule has 84 valence electrons. The first-order valence-electron chi connectivity index (χ1n) is 4.63. The molecule has 1 aromatic heterocycles. The number of aliphatic hydroxyl groups is 1. The van der Waals surface area contributed by atoms with Gasteiger partial charge in [0.15, 0.2) is 0 Å². The van der Waals surface area contributed by atoms with Crippen LogP contribution in [0.25, 0.3) is 0 Å². The van der Waals surface area contributed by atoms with Crippen molar-refractivity contribution < 1.29 is 19.1 Å². The molecule has 6 heteroatoms. The molecule has 0 aliphatic rings. The zero-order chi connectivity index (χ0) is 11.5. The van der Waals surface area contributed by atoms with Crippen LogP contribution in [-0.4, -0.2) is 34.5 Å². The van der Waals surface area contributed by atoms with Crippen LogP contribution in [0, 0.1) is 0 Å². The number of nitrogens with zero attached hydrogens (tertiary/aromatic N) is 2. The van der Waals surface area contributed by atoms with Crippen LogP contribution >= 0.6 is 0 Å². The number of carbonyl (C=O) groups is 1. The fourth-order valence-corrected chi connectivity index (χ4v) is 0.840. The lowest BCUT2D eigenvalue weighted by atomic mass is 9.95. The second-order valence-electron chi connectivity index (χ2n) is 3.67. The summed E-state index contributed by atoms with van der Waals surface area (Å²) < 4.78 is 9.79. The minimum atomic E-state index is -0.655. The molecule has 0 spiro atoms. The number of hydrogen-bond donors (Lipinski definition) is 1. The Morgan fingerprint density at radius 3 is 2.73 bits per heavy atom. The van der Waals surface area contributed by atoms with Crippen molar-refractivity contribution in [2.75, 3.05) is 13.2 Å². The van der Waals surface area contributed by atoms with Crippen molar-refractivity contribution >= 4 is 5.97 Å². The Bertz CT molecular complexity index is 346. The zero-order valence-electron chi connectivity index (χ0n) is 8.98. The van der Waals surface area contributed by atoms with Gasteiger partial charge in [-0.1, -0.05) is 0 Å². The molecule has 0 radical (unpaired) electrons. The van der Waals surface area contributed by atoms with E-state index in [2.05, 4.69) is 14.9 Å². The van der Waals surface area contributed by atoms with Gasteiger partial charge in [-0.15, -0.1) is 10.2 Å². The molecule has 6 nitrogen and oxygen atoms in total. The SMILES string of the molecule is CCOC(=O)c1nnc(C(C)(C)CO)o1. The summed E-state index contributed by atoms with van der Waals surface area (Å²) in [6.45, 7) is 5.26. The van der Waals surface area contributed by atoms with Crippen LogP contribution in [-0.2, 0) is 10.2 Å². The normalized spacial score (nSPS) is 11.5. The maximum absolute atomic E-state index is 11.2. The highest BCUT2D eigenvalue weighted by Gasteiger charge is 2.28. The lowest BCUT2D eigenvalue weighted by molar-refractivity contribution is 0.0474. The molecule has 0 amide bonds. The second kappa shape index (κ2) is 4.39. The third kappa shape index (κ3) is 2.53. The van der Waals surface area contributed by atoms with Gasteiger partial charge in [-0.2, -0.15) is 0 Å². The van der Waals surface area contributed by atoms with Crippen LogP contribution in [0.1, 0.15) is 37.3 Å². The molecule has 0 atom stereocenters. The Balaban J connectivity index is 2.85. The molecule has 0 aliphatic carbocycles. The van der Waals surface area contributed by atoms with Gasteiger partial charge in [0, 0.05) is 0 Å². The van der Waals surface area contributed by atoms with Crippen LogP contribution < -0.4 is 0 Å². The summed E-state index contributed by atoms with van der Waals surface area (Å²) in [5.74, 6) is -0.619. The van der Waals surface area contributed by atoms with Crippen molar-refractivity contribution in [3.05, 3.63) is 11.8 Å². The number of aliphatic hydroxyl groups excluding tert-OH is 1. The Labute approximate surface area is 87.3 Å². The van der Waals surface area contributed by atoms with E-state index in [1.165, 1.54) is 0 Å². The number of ether oxygens (including phenoxy) is 1. The van der Waals surface area contributed by atoms with E-state index in [-0.39, 0.29) is 25.0 Å². The topological polar surface area (TPSA) is 85.5 Å². The average molecular weight is 214 g/mol. The molecule has 0 aliphatic heterocycles. The summed E-state index contributed by atoms with van der Waals surface area (Å²) in [6.07, 6.45) is 0. The van der Waals surface area contributed by atoms with E-state index in [4.69, 9.17) is 9.52 Å². The van der Waals surface area contributed by atoms with Gasteiger partial charge in [-0.3, -0.25) is 0 Å². The number of hydrogen-bond acceptors (Lipinski definition) is 6. The van der Waals surface area contributed by atoms with Crippen LogP contribution in [0.5, 0.6) is 0 Å². The third-order valence-electron chi connectivity index (χ3n) is 1.85. The van der Waals surface area contributed by atoms with E-state index < -0.39 is 11.4 Å². The number of aromatic nitrogens is 2. The summed E-state index contributed by atoms with van der Waals surface area (Å²) in [5.41, 5.74) is -0.655. The smallest absolute Gasteiger partial charge is 0.396 e. The van der Waals surface area contributed by atoms with Crippen molar-refractivity contribution in [1.82, 2.24) is 10.2 Å². The molecule has 1 N–H and O–H groups in total. The van der Waals surface area contributed by atoms with Crippen LogP contribution in [0.3, 0.4) is 0 Å². The van der Waals surface area contributed by atoms with Crippen molar-refractivity contribution in [3.63, 3.8) is 0 Å². The van der Waals surface area contributed by atoms with E-state index in [0.29, 0.717) is 0 Å². The monoisotopic (exact) mass is 214 g/mol. The number of esters is 1. The van der Waals surface area contributed by atoms with E-state index in [1.54, 1.807) is 20.8 Å². The zero-order valence-corrected chi connectivity index (χ0v) is 8.98. The van der Waals surface area contributed by atoms with Crippen LogP contribution in [0.2, 0.25) is 0 Å². The fourth-order valence-electron chi connectivity index (χ4n) is 0.840. The average Bonchev–Trinajstić information content (AvgIpc) is 2.67. The molecule has 0 fully saturated rings. The molecular weight excluding hydrogens is 200 g/mol. The first kappa shape index (κ1) is 11.6. The first-order chi connectivity index (χ1) is 7.01. The van der Waals surface area contributed by atoms with Gasteiger partial charge in [0.05, 0.1) is 18.6 Å². The Morgan fingerprint density at radius 2 is 2.20 bits per heavy atom. The standard InChI is InChI=1S/C9H14N2O4/c1-4-14-7(13)6-10-11-8(15-6)9(2,3)5-12/h12H,4-5H2,1-3H3. The molecule has 1 rings (SSSR count). The van der Waals surface area contributed by atoms with Gasteiger partial charge in [0.1, 0.15) is 0 Å². The Kier molecular flexibility index (Phi) is 3.41. The van der Waals surface area contributed by atoms with E-state index in [9.17, 15) is 4.79 Å².